The number of aryl methyl sites for hydroxylation is 3. The fourth-order valence-electron chi connectivity index (χ4n) is 3.29. The van der Waals surface area contributed by atoms with E-state index in [2.05, 4.69) is 88.1 Å². The maximum Gasteiger partial charge on any atom is 0.0572 e. The van der Waals surface area contributed by atoms with Gasteiger partial charge in [-0.25, -0.2) is 0 Å². The van der Waals surface area contributed by atoms with Gasteiger partial charge in [0.1, 0.15) is 0 Å². The maximum atomic E-state index is 3.66. The van der Waals surface area contributed by atoms with Gasteiger partial charge in [0.15, 0.2) is 0 Å². The highest BCUT2D eigenvalue weighted by Gasteiger charge is 2.17. The minimum absolute atomic E-state index is 1.02. The molecule has 120 valence electrons. The van der Waals surface area contributed by atoms with Gasteiger partial charge in [0.25, 0.3) is 0 Å². The standard InChI is InChI=1S/C19H21IN2S/c1-4-13-10-12(3)11-16(18(13)22-23-20)19-14(5-2)15-8-6-7-9-17(15)21-19/h6-11,21-22H,4-5H2,1-3H3. The maximum absolute atomic E-state index is 3.66. The van der Waals surface area contributed by atoms with Crippen LogP contribution < -0.4 is 4.72 Å². The quantitative estimate of drug-likeness (QED) is 0.345. The lowest BCUT2D eigenvalue weighted by atomic mass is 9.96. The fourth-order valence-corrected chi connectivity index (χ4v) is 4.27. The molecule has 0 spiro atoms. The van der Waals surface area contributed by atoms with E-state index in [1.165, 1.54) is 44.5 Å². The third-order valence-corrected chi connectivity index (χ3v) is 5.26. The van der Waals surface area contributed by atoms with Crippen molar-refractivity contribution in [2.45, 2.75) is 33.6 Å². The Morgan fingerprint density at radius 2 is 1.91 bits per heavy atom. The Morgan fingerprint density at radius 1 is 1.13 bits per heavy atom. The van der Waals surface area contributed by atoms with Crippen LogP contribution in [0.1, 0.15) is 30.5 Å². The van der Waals surface area contributed by atoms with Crippen LogP contribution in [0.5, 0.6) is 0 Å². The third-order valence-electron chi connectivity index (χ3n) is 4.32. The highest BCUT2D eigenvalue weighted by atomic mass is 127. The molecule has 0 saturated carbocycles. The SMILES string of the molecule is CCc1cc(C)cc(-c2[nH]c3ccccc3c2CC)c1NSI. The molecule has 3 aromatic rings. The van der Waals surface area contributed by atoms with E-state index in [9.17, 15) is 0 Å². The van der Waals surface area contributed by atoms with E-state index in [4.69, 9.17) is 0 Å². The minimum atomic E-state index is 1.02. The summed E-state index contributed by atoms with van der Waals surface area (Å²) < 4.78 is 3.50. The molecule has 0 aliphatic rings. The van der Waals surface area contributed by atoms with Gasteiger partial charge in [-0.3, -0.25) is 0 Å². The molecule has 2 N–H and O–H groups in total. The fraction of sp³-hybridized carbons (Fsp3) is 0.263. The predicted molar refractivity (Wildman–Crippen MR) is 112 cm³/mol. The molecule has 0 radical (unpaired) electrons. The smallest absolute Gasteiger partial charge is 0.0572 e. The Hall–Kier alpha value is -1.14. The van der Waals surface area contributed by atoms with Crippen LogP contribution in [0.15, 0.2) is 36.4 Å². The summed E-state index contributed by atoms with van der Waals surface area (Å²) in [6.45, 7) is 6.63. The molecule has 0 saturated heterocycles. The number of anilines is 1. The highest BCUT2D eigenvalue weighted by molar-refractivity contribution is 14.2. The van der Waals surface area contributed by atoms with Gasteiger partial charge in [0, 0.05) is 46.8 Å². The van der Waals surface area contributed by atoms with Crippen molar-refractivity contribution in [3.8, 4) is 11.3 Å². The molecular formula is C19H21IN2S. The summed E-state index contributed by atoms with van der Waals surface area (Å²) in [5.41, 5.74) is 9.05. The Labute approximate surface area is 154 Å². The second-order valence-corrected chi connectivity index (χ2v) is 7.44. The number of rotatable bonds is 5. The van der Waals surface area contributed by atoms with Crippen LogP contribution in [0.4, 0.5) is 5.69 Å². The van der Waals surface area contributed by atoms with Gasteiger partial charge in [0.2, 0.25) is 0 Å². The average Bonchev–Trinajstić information content (AvgIpc) is 2.94. The zero-order chi connectivity index (χ0) is 16.4. The number of H-pyrrole nitrogens is 1. The van der Waals surface area contributed by atoms with E-state index in [-0.39, 0.29) is 0 Å². The Balaban J connectivity index is 2.31. The zero-order valence-electron chi connectivity index (χ0n) is 13.7. The molecule has 0 aliphatic carbocycles. The first-order valence-electron chi connectivity index (χ1n) is 7.96. The number of para-hydroxylation sites is 1. The molecule has 1 heterocycles. The lowest BCUT2D eigenvalue weighted by molar-refractivity contribution is 1.13. The molecule has 0 aliphatic heterocycles. The van der Waals surface area contributed by atoms with Crippen LogP contribution in [-0.4, -0.2) is 4.98 Å². The number of aromatic amines is 1. The number of hydrogen-bond donors (Lipinski definition) is 2. The van der Waals surface area contributed by atoms with Crippen LogP contribution in [0, 0.1) is 6.92 Å². The molecule has 3 rings (SSSR count). The van der Waals surface area contributed by atoms with Crippen molar-refractivity contribution in [3.63, 3.8) is 0 Å². The summed E-state index contributed by atoms with van der Waals surface area (Å²) in [4.78, 5) is 3.66. The number of fused-ring (bicyclic) bond motifs is 1. The summed E-state index contributed by atoms with van der Waals surface area (Å²) in [6.07, 6.45) is 2.04. The first-order valence-corrected chi connectivity index (χ1v) is 11.3. The molecule has 0 unspecified atom stereocenters. The number of halogens is 1. The number of benzene rings is 2. The molecular weight excluding hydrogens is 415 g/mol. The van der Waals surface area contributed by atoms with E-state index in [0.717, 1.165) is 12.8 Å². The van der Waals surface area contributed by atoms with Crippen molar-refractivity contribution < 1.29 is 0 Å². The van der Waals surface area contributed by atoms with Crippen LogP contribution in [0.2, 0.25) is 0 Å². The van der Waals surface area contributed by atoms with Crippen molar-refractivity contribution in [3.05, 3.63) is 53.1 Å². The third kappa shape index (κ3) is 3.11. The molecule has 2 aromatic carbocycles. The van der Waals surface area contributed by atoms with E-state index < -0.39 is 0 Å². The van der Waals surface area contributed by atoms with E-state index in [0.29, 0.717) is 0 Å². The van der Waals surface area contributed by atoms with Gasteiger partial charge < -0.3 is 9.71 Å². The Morgan fingerprint density at radius 3 is 2.61 bits per heavy atom. The van der Waals surface area contributed by atoms with E-state index in [1.54, 1.807) is 9.12 Å². The summed E-state index contributed by atoms with van der Waals surface area (Å²) in [7, 11) is 1.63. The molecule has 4 heteroatoms. The molecule has 0 atom stereocenters. The van der Waals surface area contributed by atoms with Crippen LogP contribution in [-0.2, 0) is 12.8 Å². The van der Waals surface area contributed by atoms with E-state index in [1.807, 2.05) is 0 Å². The lowest BCUT2D eigenvalue weighted by Crippen LogP contribution is -1.98. The molecule has 23 heavy (non-hydrogen) atoms. The van der Waals surface area contributed by atoms with Gasteiger partial charge in [-0.2, -0.15) is 0 Å². The molecule has 1 aromatic heterocycles. The number of nitrogens with one attached hydrogen (secondary N) is 2. The first kappa shape index (κ1) is 16.7. The van der Waals surface area contributed by atoms with Crippen molar-refractivity contribution >= 4 is 46.9 Å². The molecule has 0 amide bonds. The van der Waals surface area contributed by atoms with Crippen molar-refractivity contribution in [1.82, 2.24) is 4.98 Å². The zero-order valence-corrected chi connectivity index (χ0v) is 16.6. The molecule has 0 bridgehead atoms. The minimum Gasteiger partial charge on any atom is -0.354 e. The van der Waals surface area contributed by atoms with Gasteiger partial charge in [-0.1, -0.05) is 43.7 Å². The Bertz CT molecular complexity index is 839. The largest absolute Gasteiger partial charge is 0.354 e. The summed E-state index contributed by atoms with van der Waals surface area (Å²) >= 11 is 2.30. The normalized spacial score (nSPS) is 11.1. The van der Waals surface area contributed by atoms with Gasteiger partial charge in [-0.05, 0) is 43.0 Å². The van der Waals surface area contributed by atoms with Gasteiger partial charge >= 0.3 is 0 Å². The van der Waals surface area contributed by atoms with Crippen LogP contribution in [0.25, 0.3) is 22.2 Å². The number of hydrogen-bond acceptors (Lipinski definition) is 2. The first-order chi connectivity index (χ1) is 11.2. The lowest BCUT2D eigenvalue weighted by Gasteiger charge is -2.16. The topological polar surface area (TPSA) is 27.8 Å². The summed E-state index contributed by atoms with van der Waals surface area (Å²) in [6, 6.07) is 13.2. The van der Waals surface area contributed by atoms with Gasteiger partial charge in [-0.15, -0.1) is 0 Å². The monoisotopic (exact) mass is 436 g/mol. The van der Waals surface area contributed by atoms with Crippen molar-refractivity contribution in [2.75, 3.05) is 4.72 Å². The van der Waals surface area contributed by atoms with Crippen LogP contribution >= 0.6 is 30.3 Å². The van der Waals surface area contributed by atoms with Crippen molar-refractivity contribution in [1.29, 1.82) is 0 Å². The molecule has 0 fully saturated rings. The van der Waals surface area contributed by atoms with Gasteiger partial charge in [0.05, 0.1) is 11.4 Å². The van der Waals surface area contributed by atoms with Crippen molar-refractivity contribution in [2.24, 2.45) is 0 Å². The van der Waals surface area contributed by atoms with Crippen LogP contribution in [0.3, 0.4) is 0 Å². The predicted octanol–water partition coefficient (Wildman–Crippen LogP) is 6.68. The number of aromatic nitrogens is 1. The summed E-state index contributed by atoms with van der Waals surface area (Å²) in [5, 5.41) is 1.33. The second-order valence-electron chi connectivity index (χ2n) is 5.76. The molecule has 2 nitrogen and oxygen atoms in total. The second kappa shape index (κ2) is 7.18. The average molecular weight is 436 g/mol. The highest BCUT2D eigenvalue weighted by Crippen LogP contribution is 2.39. The van der Waals surface area contributed by atoms with E-state index >= 15 is 0 Å². The Kier molecular flexibility index (Phi) is 5.21. The summed E-state index contributed by atoms with van der Waals surface area (Å²) in [5.74, 6) is 0.